The van der Waals surface area contributed by atoms with E-state index in [9.17, 15) is 0 Å². The molecule has 0 bridgehead atoms. The molecule has 1 saturated carbocycles. The maximum absolute atomic E-state index is 5.84. The molecule has 0 aromatic rings. The van der Waals surface area contributed by atoms with E-state index in [-0.39, 0.29) is 0 Å². The smallest absolute Gasteiger partial charge is 0.00132 e. The molecule has 1 fully saturated rings. The Labute approximate surface area is 90.5 Å². The zero-order valence-electron chi connectivity index (χ0n) is 10.6. The first-order valence-corrected chi connectivity index (χ1v) is 6.45. The van der Waals surface area contributed by atoms with Gasteiger partial charge in [-0.2, -0.15) is 0 Å². The van der Waals surface area contributed by atoms with E-state index in [0.717, 1.165) is 11.8 Å². The van der Waals surface area contributed by atoms with Crippen LogP contribution in [0.3, 0.4) is 0 Å². The molecule has 0 aromatic heterocycles. The van der Waals surface area contributed by atoms with E-state index in [1.807, 2.05) is 13.8 Å². The van der Waals surface area contributed by atoms with Crippen molar-refractivity contribution in [3.05, 3.63) is 0 Å². The lowest BCUT2D eigenvalue weighted by atomic mass is 9.85. The maximum atomic E-state index is 5.84. The summed E-state index contributed by atoms with van der Waals surface area (Å²) < 4.78 is 0. The van der Waals surface area contributed by atoms with Crippen molar-refractivity contribution in [1.82, 2.24) is 0 Å². The van der Waals surface area contributed by atoms with E-state index in [1.165, 1.54) is 38.5 Å². The Morgan fingerprint density at radius 1 is 1.14 bits per heavy atom. The lowest BCUT2D eigenvalue weighted by Gasteiger charge is -2.22. The van der Waals surface area contributed by atoms with Gasteiger partial charge >= 0.3 is 0 Å². The largest absolute Gasteiger partial charge is 0.328 e. The van der Waals surface area contributed by atoms with Gasteiger partial charge in [-0.25, -0.2) is 0 Å². The van der Waals surface area contributed by atoms with E-state index in [2.05, 4.69) is 13.8 Å². The van der Waals surface area contributed by atoms with Crippen molar-refractivity contribution < 1.29 is 0 Å². The molecule has 2 N–H and O–H groups in total. The molecule has 0 aromatic carbocycles. The second-order valence-electron chi connectivity index (χ2n) is 4.59. The molecule has 3 unspecified atom stereocenters. The van der Waals surface area contributed by atoms with Crippen LogP contribution in [0.4, 0.5) is 0 Å². The number of nitrogens with two attached hydrogens (primary N) is 1. The minimum atomic E-state index is 0.399. The Morgan fingerprint density at radius 2 is 1.71 bits per heavy atom. The van der Waals surface area contributed by atoms with Gasteiger partial charge in [0.2, 0.25) is 0 Å². The molecule has 1 aliphatic carbocycles. The molecule has 1 rings (SSSR count). The van der Waals surface area contributed by atoms with Crippen molar-refractivity contribution in [3.63, 3.8) is 0 Å². The van der Waals surface area contributed by atoms with Crippen molar-refractivity contribution in [2.24, 2.45) is 17.6 Å². The molecule has 0 saturated heterocycles. The lowest BCUT2D eigenvalue weighted by Crippen LogP contribution is -2.22. The van der Waals surface area contributed by atoms with Gasteiger partial charge in [-0.05, 0) is 25.2 Å². The Morgan fingerprint density at radius 3 is 2.29 bits per heavy atom. The van der Waals surface area contributed by atoms with E-state index in [0.29, 0.717) is 6.04 Å². The first-order valence-electron chi connectivity index (χ1n) is 6.45. The van der Waals surface area contributed by atoms with Crippen molar-refractivity contribution in [1.29, 1.82) is 0 Å². The van der Waals surface area contributed by atoms with Crippen LogP contribution >= 0.6 is 0 Å². The van der Waals surface area contributed by atoms with Gasteiger partial charge in [-0.15, -0.1) is 0 Å². The van der Waals surface area contributed by atoms with Crippen molar-refractivity contribution in [3.8, 4) is 0 Å². The summed E-state index contributed by atoms with van der Waals surface area (Å²) in [5.74, 6) is 1.82. The van der Waals surface area contributed by atoms with Crippen LogP contribution in [0.1, 0.15) is 66.2 Å². The fraction of sp³-hybridized carbons (Fsp3) is 1.00. The minimum absolute atomic E-state index is 0.399. The monoisotopic (exact) mass is 199 g/mol. The molecule has 1 heteroatoms. The number of rotatable bonds is 2. The zero-order chi connectivity index (χ0) is 11.0. The summed E-state index contributed by atoms with van der Waals surface area (Å²) in [5, 5.41) is 0. The van der Waals surface area contributed by atoms with Crippen LogP contribution < -0.4 is 5.73 Å². The molecule has 0 aliphatic heterocycles. The third-order valence-electron chi connectivity index (χ3n) is 3.21. The van der Waals surface area contributed by atoms with Crippen molar-refractivity contribution in [2.45, 2.75) is 72.3 Å². The predicted octanol–water partition coefficient (Wildman–Crippen LogP) is 3.97. The topological polar surface area (TPSA) is 26.0 Å². The molecule has 0 amide bonds. The highest BCUT2D eigenvalue weighted by Crippen LogP contribution is 2.31. The summed E-state index contributed by atoms with van der Waals surface area (Å²) in [6.45, 7) is 8.54. The maximum Gasteiger partial charge on any atom is 0.00132 e. The van der Waals surface area contributed by atoms with E-state index in [1.54, 1.807) is 0 Å². The van der Waals surface area contributed by atoms with E-state index < -0.39 is 0 Å². The SMILES string of the molecule is CC.CC(N)CC1CCCCCC1C. The number of hydrogen-bond acceptors (Lipinski definition) is 1. The molecule has 1 nitrogen and oxygen atoms in total. The normalized spacial score (nSPS) is 29.8. The van der Waals surface area contributed by atoms with Gasteiger partial charge in [0.25, 0.3) is 0 Å². The molecule has 0 heterocycles. The van der Waals surface area contributed by atoms with Crippen LogP contribution in [-0.4, -0.2) is 6.04 Å². The van der Waals surface area contributed by atoms with E-state index >= 15 is 0 Å². The quantitative estimate of drug-likeness (QED) is 0.669. The Balaban J connectivity index is 0.000000791. The molecule has 86 valence electrons. The van der Waals surface area contributed by atoms with Gasteiger partial charge in [-0.3, -0.25) is 0 Å². The summed E-state index contributed by atoms with van der Waals surface area (Å²) >= 11 is 0. The third-order valence-corrected chi connectivity index (χ3v) is 3.21. The zero-order valence-corrected chi connectivity index (χ0v) is 10.6. The highest BCUT2D eigenvalue weighted by molar-refractivity contribution is 4.73. The summed E-state index contributed by atoms with van der Waals surface area (Å²) in [6, 6.07) is 0.399. The average molecular weight is 199 g/mol. The molecule has 1 aliphatic rings. The Kier molecular flexibility index (Phi) is 8.26. The highest BCUT2D eigenvalue weighted by Gasteiger charge is 2.20. The predicted molar refractivity (Wildman–Crippen MR) is 65.4 cm³/mol. The molecule has 0 radical (unpaired) electrons. The van der Waals surface area contributed by atoms with Gasteiger partial charge in [0.15, 0.2) is 0 Å². The second-order valence-corrected chi connectivity index (χ2v) is 4.59. The average Bonchev–Trinajstić information content (AvgIpc) is 2.35. The fourth-order valence-corrected chi connectivity index (χ4v) is 2.40. The summed E-state index contributed by atoms with van der Waals surface area (Å²) in [7, 11) is 0. The minimum Gasteiger partial charge on any atom is -0.328 e. The standard InChI is InChI=1S/C11H23N.C2H6/c1-9-6-4-3-5-7-11(9)8-10(2)12;1-2/h9-11H,3-8,12H2,1-2H3;1-2H3. The van der Waals surface area contributed by atoms with Crippen LogP contribution in [0.5, 0.6) is 0 Å². The lowest BCUT2D eigenvalue weighted by molar-refractivity contribution is 0.301. The Bertz CT molecular complexity index is 120. The van der Waals surface area contributed by atoms with Gasteiger partial charge in [0.05, 0.1) is 0 Å². The first kappa shape index (κ1) is 14.0. The van der Waals surface area contributed by atoms with Gasteiger partial charge in [-0.1, -0.05) is 52.9 Å². The van der Waals surface area contributed by atoms with Crippen molar-refractivity contribution >= 4 is 0 Å². The molecular weight excluding hydrogens is 170 g/mol. The van der Waals surface area contributed by atoms with Crippen molar-refractivity contribution in [2.75, 3.05) is 0 Å². The number of hydrogen-bond donors (Lipinski definition) is 1. The van der Waals surface area contributed by atoms with E-state index in [4.69, 9.17) is 5.73 Å². The molecule has 0 spiro atoms. The molecule has 14 heavy (non-hydrogen) atoms. The fourth-order valence-electron chi connectivity index (χ4n) is 2.40. The summed E-state index contributed by atoms with van der Waals surface area (Å²) in [5.41, 5.74) is 5.84. The van der Waals surface area contributed by atoms with Gasteiger partial charge in [0, 0.05) is 6.04 Å². The van der Waals surface area contributed by atoms with Crippen LogP contribution in [0, 0.1) is 11.8 Å². The van der Waals surface area contributed by atoms with Crippen LogP contribution in [0.2, 0.25) is 0 Å². The van der Waals surface area contributed by atoms with Crippen LogP contribution in [-0.2, 0) is 0 Å². The van der Waals surface area contributed by atoms with Gasteiger partial charge < -0.3 is 5.73 Å². The highest BCUT2D eigenvalue weighted by atomic mass is 14.6. The third kappa shape index (κ3) is 5.64. The van der Waals surface area contributed by atoms with Gasteiger partial charge in [0.1, 0.15) is 0 Å². The second kappa shape index (κ2) is 8.28. The first-order chi connectivity index (χ1) is 6.70. The Hall–Kier alpha value is -0.0400. The van der Waals surface area contributed by atoms with Crippen LogP contribution in [0.15, 0.2) is 0 Å². The molecule has 3 atom stereocenters. The summed E-state index contributed by atoms with van der Waals surface area (Å²) in [6.07, 6.45) is 8.40. The summed E-state index contributed by atoms with van der Waals surface area (Å²) in [4.78, 5) is 0. The van der Waals surface area contributed by atoms with Crippen LogP contribution in [0.25, 0.3) is 0 Å². The molecular formula is C13H29N.